The zero-order chi connectivity index (χ0) is 17.9. The third kappa shape index (κ3) is 4.81. The van der Waals surface area contributed by atoms with Gasteiger partial charge >= 0.3 is 0 Å². The highest BCUT2D eigenvalue weighted by Crippen LogP contribution is 2.32. The van der Waals surface area contributed by atoms with Crippen molar-refractivity contribution in [3.63, 3.8) is 0 Å². The van der Waals surface area contributed by atoms with E-state index in [-0.39, 0.29) is 18.2 Å². The minimum atomic E-state index is -0.489. The molecule has 0 spiro atoms. The standard InChI is InChI=1S/C14H15Br2N5O2S/c1-7-3-9(15)13(10(16)4-7)18-12(23)6-24-14-20-19-8(2)21(14)5-11(17)22/h3-4H,5-6H2,1-2H3,(H2,17,22)(H,18,23). The van der Waals surface area contributed by atoms with Crippen molar-refractivity contribution in [3.05, 3.63) is 32.5 Å². The van der Waals surface area contributed by atoms with Gasteiger partial charge in [-0.3, -0.25) is 14.2 Å². The summed E-state index contributed by atoms with van der Waals surface area (Å²) in [6.07, 6.45) is 0. The Morgan fingerprint density at radius 2 is 1.88 bits per heavy atom. The number of nitrogens with one attached hydrogen (secondary N) is 1. The van der Waals surface area contributed by atoms with Crippen LogP contribution in [-0.4, -0.2) is 32.3 Å². The summed E-state index contributed by atoms with van der Waals surface area (Å²) >= 11 is 8.06. The Hall–Kier alpha value is -1.39. The fraction of sp³-hybridized carbons (Fsp3) is 0.286. The molecule has 0 fully saturated rings. The summed E-state index contributed by atoms with van der Waals surface area (Å²) in [5.41, 5.74) is 6.94. The van der Waals surface area contributed by atoms with Gasteiger partial charge in [0.25, 0.3) is 0 Å². The number of aromatic nitrogens is 3. The van der Waals surface area contributed by atoms with E-state index in [0.717, 1.165) is 14.5 Å². The summed E-state index contributed by atoms with van der Waals surface area (Å²) in [5, 5.41) is 11.2. The molecule has 2 amide bonds. The molecule has 3 N–H and O–H groups in total. The van der Waals surface area contributed by atoms with E-state index in [0.29, 0.717) is 16.7 Å². The highest BCUT2D eigenvalue weighted by Gasteiger charge is 2.15. The molecular formula is C14H15Br2N5O2S. The molecule has 1 aromatic carbocycles. The van der Waals surface area contributed by atoms with Crippen molar-refractivity contribution in [1.82, 2.24) is 14.8 Å². The summed E-state index contributed by atoms with van der Waals surface area (Å²) in [4.78, 5) is 23.3. The molecular weight excluding hydrogens is 462 g/mol. The lowest BCUT2D eigenvalue weighted by atomic mass is 10.2. The molecule has 7 nitrogen and oxygen atoms in total. The van der Waals surface area contributed by atoms with Crippen LogP contribution >= 0.6 is 43.6 Å². The number of anilines is 1. The first-order valence-corrected chi connectivity index (χ1v) is 9.41. The van der Waals surface area contributed by atoms with Crippen LogP contribution in [0.15, 0.2) is 26.2 Å². The van der Waals surface area contributed by atoms with E-state index < -0.39 is 5.91 Å². The van der Waals surface area contributed by atoms with Crippen LogP contribution in [0.3, 0.4) is 0 Å². The van der Waals surface area contributed by atoms with Crippen molar-refractivity contribution in [2.45, 2.75) is 25.5 Å². The van der Waals surface area contributed by atoms with Crippen molar-refractivity contribution >= 4 is 61.1 Å². The lowest BCUT2D eigenvalue weighted by Crippen LogP contribution is -2.20. The van der Waals surface area contributed by atoms with Gasteiger partial charge in [-0.2, -0.15) is 0 Å². The topological polar surface area (TPSA) is 103 Å². The van der Waals surface area contributed by atoms with E-state index in [1.807, 2.05) is 19.1 Å². The normalized spacial score (nSPS) is 10.7. The number of aryl methyl sites for hydroxylation is 2. The van der Waals surface area contributed by atoms with Crippen LogP contribution in [-0.2, 0) is 16.1 Å². The monoisotopic (exact) mass is 475 g/mol. The summed E-state index contributed by atoms with van der Waals surface area (Å²) in [7, 11) is 0. The fourth-order valence-corrected chi connectivity index (χ4v) is 4.33. The van der Waals surface area contributed by atoms with Gasteiger partial charge in [0.15, 0.2) is 5.16 Å². The third-order valence-electron chi connectivity index (χ3n) is 3.00. The molecule has 10 heteroatoms. The summed E-state index contributed by atoms with van der Waals surface area (Å²) < 4.78 is 3.17. The Bertz CT molecular complexity index is 770. The van der Waals surface area contributed by atoms with Crippen molar-refractivity contribution in [2.75, 3.05) is 11.1 Å². The largest absolute Gasteiger partial charge is 0.368 e. The maximum absolute atomic E-state index is 12.2. The Morgan fingerprint density at radius 1 is 1.25 bits per heavy atom. The number of halogens is 2. The van der Waals surface area contributed by atoms with Gasteiger partial charge in [0.05, 0.1) is 11.4 Å². The number of primary amides is 1. The van der Waals surface area contributed by atoms with Crippen molar-refractivity contribution < 1.29 is 9.59 Å². The maximum Gasteiger partial charge on any atom is 0.237 e. The fourth-order valence-electron chi connectivity index (χ4n) is 1.93. The molecule has 0 saturated carbocycles. The first-order valence-electron chi connectivity index (χ1n) is 6.84. The zero-order valence-corrected chi connectivity index (χ0v) is 17.0. The van der Waals surface area contributed by atoms with Crippen molar-refractivity contribution in [1.29, 1.82) is 0 Å². The molecule has 0 atom stereocenters. The number of nitrogens with zero attached hydrogens (tertiary/aromatic N) is 3. The Labute approximate surface area is 160 Å². The van der Waals surface area contributed by atoms with Gasteiger partial charge in [-0.15, -0.1) is 10.2 Å². The molecule has 1 heterocycles. The molecule has 1 aromatic heterocycles. The van der Waals surface area contributed by atoms with Crippen LogP contribution in [0, 0.1) is 13.8 Å². The lowest BCUT2D eigenvalue weighted by molar-refractivity contribution is -0.118. The average Bonchev–Trinajstić information content (AvgIpc) is 2.81. The molecule has 128 valence electrons. The smallest absolute Gasteiger partial charge is 0.237 e. The minimum Gasteiger partial charge on any atom is -0.368 e. The van der Waals surface area contributed by atoms with Gasteiger partial charge in [0.1, 0.15) is 12.4 Å². The number of rotatable bonds is 6. The number of hydrogen-bond donors (Lipinski definition) is 2. The predicted octanol–water partition coefficient (Wildman–Crippen LogP) is 2.64. The van der Waals surface area contributed by atoms with Crippen LogP contribution in [0.4, 0.5) is 5.69 Å². The molecule has 2 aromatic rings. The van der Waals surface area contributed by atoms with Gasteiger partial charge in [-0.1, -0.05) is 11.8 Å². The molecule has 0 aliphatic carbocycles. The van der Waals surface area contributed by atoms with Crippen LogP contribution in [0.25, 0.3) is 0 Å². The second kappa shape index (κ2) is 8.13. The van der Waals surface area contributed by atoms with Gasteiger partial charge < -0.3 is 11.1 Å². The predicted molar refractivity (Wildman–Crippen MR) is 99.9 cm³/mol. The number of hydrogen-bond acceptors (Lipinski definition) is 5. The number of amides is 2. The molecule has 2 rings (SSSR count). The highest BCUT2D eigenvalue weighted by atomic mass is 79.9. The minimum absolute atomic E-state index is 0.0160. The van der Waals surface area contributed by atoms with E-state index in [1.54, 1.807) is 11.5 Å². The third-order valence-corrected chi connectivity index (χ3v) is 5.22. The molecule has 0 radical (unpaired) electrons. The number of benzene rings is 1. The van der Waals surface area contributed by atoms with Crippen molar-refractivity contribution in [3.8, 4) is 0 Å². The number of carbonyl (C=O) groups is 2. The van der Waals surface area contributed by atoms with Crippen molar-refractivity contribution in [2.24, 2.45) is 5.73 Å². The molecule has 0 saturated heterocycles. The molecule has 0 aliphatic heterocycles. The quantitative estimate of drug-likeness (QED) is 0.623. The molecule has 0 unspecified atom stereocenters. The van der Waals surface area contributed by atoms with Crippen LogP contribution in [0.2, 0.25) is 0 Å². The SMILES string of the molecule is Cc1cc(Br)c(NC(=O)CSc2nnc(C)n2CC(N)=O)c(Br)c1. The van der Waals surface area contributed by atoms with Crippen LogP contribution in [0.1, 0.15) is 11.4 Å². The molecule has 0 bridgehead atoms. The molecule has 0 aliphatic rings. The van der Waals surface area contributed by atoms with E-state index >= 15 is 0 Å². The second-order valence-electron chi connectivity index (χ2n) is 5.02. The summed E-state index contributed by atoms with van der Waals surface area (Å²) in [5.74, 6) is 0.0119. The van der Waals surface area contributed by atoms with Crippen LogP contribution < -0.4 is 11.1 Å². The first-order chi connectivity index (χ1) is 11.3. The van der Waals surface area contributed by atoms with Gasteiger partial charge in [0, 0.05) is 8.95 Å². The van der Waals surface area contributed by atoms with E-state index in [2.05, 4.69) is 47.4 Å². The Morgan fingerprint density at radius 3 is 2.46 bits per heavy atom. The Kier molecular flexibility index (Phi) is 6.41. The van der Waals surface area contributed by atoms with Gasteiger partial charge in [0.2, 0.25) is 11.8 Å². The molecule has 24 heavy (non-hydrogen) atoms. The van der Waals surface area contributed by atoms with E-state index in [9.17, 15) is 9.59 Å². The summed E-state index contributed by atoms with van der Waals surface area (Å²) in [6.45, 7) is 3.67. The van der Waals surface area contributed by atoms with Crippen LogP contribution in [0.5, 0.6) is 0 Å². The van der Waals surface area contributed by atoms with Gasteiger partial charge in [-0.05, 0) is 63.4 Å². The maximum atomic E-state index is 12.2. The first kappa shape index (κ1) is 18.9. The Balaban J connectivity index is 2.03. The average molecular weight is 477 g/mol. The zero-order valence-electron chi connectivity index (χ0n) is 13.0. The number of thioether (sulfide) groups is 1. The van der Waals surface area contributed by atoms with E-state index in [1.165, 1.54) is 11.8 Å². The highest BCUT2D eigenvalue weighted by molar-refractivity contribution is 9.11. The number of nitrogens with two attached hydrogens (primary N) is 1. The summed E-state index contributed by atoms with van der Waals surface area (Å²) in [6, 6.07) is 3.83. The van der Waals surface area contributed by atoms with E-state index in [4.69, 9.17) is 5.73 Å². The number of carbonyl (C=O) groups excluding carboxylic acids is 2. The van der Waals surface area contributed by atoms with Gasteiger partial charge in [-0.25, -0.2) is 0 Å². The second-order valence-corrected chi connectivity index (χ2v) is 7.67. The lowest BCUT2D eigenvalue weighted by Gasteiger charge is -2.11.